The summed E-state index contributed by atoms with van der Waals surface area (Å²) in [5, 5.41) is 0. The topological polar surface area (TPSA) is 64.7 Å². The van der Waals surface area contributed by atoms with Crippen molar-refractivity contribution in [2.24, 2.45) is 5.73 Å². The highest BCUT2D eigenvalue weighted by Gasteiger charge is 2.09. The van der Waals surface area contributed by atoms with Crippen LogP contribution in [0, 0.1) is 0 Å². The number of rotatable bonds is 2. The number of hydrogen-bond acceptors (Lipinski definition) is 5. The normalized spacial score (nSPS) is 12.7. The van der Waals surface area contributed by atoms with Gasteiger partial charge in [0.25, 0.3) is 0 Å². The lowest BCUT2D eigenvalue weighted by molar-refractivity contribution is 0.866. The highest BCUT2D eigenvalue weighted by Crippen LogP contribution is 2.20. The Kier molecular flexibility index (Phi) is 2.29. The van der Waals surface area contributed by atoms with Gasteiger partial charge in [0.2, 0.25) is 0 Å². The van der Waals surface area contributed by atoms with Crippen LogP contribution < -0.4 is 5.73 Å². The predicted molar refractivity (Wildman–Crippen MR) is 50.2 cm³/mol. The van der Waals surface area contributed by atoms with E-state index in [4.69, 9.17) is 5.73 Å². The molecule has 5 heteroatoms. The smallest absolute Gasteiger partial charge is 0.115 e. The van der Waals surface area contributed by atoms with Gasteiger partial charge in [-0.3, -0.25) is 4.98 Å². The molecule has 0 saturated heterocycles. The average Bonchev–Trinajstić information content (AvgIpc) is 2.71. The maximum Gasteiger partial charge on any atom is 0.115 e. The Hall–Kier alpha value is -1.33. The Morgan fingerprint density at radius 3 is 2.54 bits per heavy atom. The largest absolute Gasteiger partial charge is 0.319 e. The third kappa shape index (κ3) is 1.71. The van der Waals surface area contributed by atoms with Gasteiger partial charge in [-0.05, 0) is 0 Å². The lowest BCUT2D eigenvalue weighted by atomic mass is 10.1. The molecule has 0 bridgehead atoms. The predicted octanol–water partition coefficient (Wildman–Crippen LogP) is 0.981. The Morgan fingerprint density at radius 1 is 1.15 bits per heavy atom. The molecule has 1 atom stereocenters. The van der Waals surface area contributed by atoms with Crippen molar-refractivity contribution in [2.75, 3.05) is 0 Å². The van der Waals surface area contributed by atoms with E-state index < -0.39 is 0 Å². The maximum absolute atomic E-state index is 5.95. The summed E-state index contributed by atoms with van der Waals surface area (Å²) in [6.45, 7) is 0. The van der Waals surface area contributed by atoms with Crippen LogP contribution in [0.3, 0.4) is 0 Å². The van der Waals surface area contributed by atoms with Crippen LogP contribution in [-0.2, 0) is 0 Å². The standard InChI is InChI=1S/C8H8N4S/c9-8(7-3-12-5-13-7)6-1-10-4-11-2-6/h1-5,8H,9H2. The minimum Gasteiger partial charge on any atom is -0.319 e. The molecule has 2 rings (SSSR count). The fraction of sp³-hybridized carbons (Fsp3) is 0.125. The van der Waals surface area contributed by atoms with Crippen LogP contribution in [0.5, 0.6) is 0 Å². The molecule has 1 unspecified atom stereocenters. The summed E-state index contributed by atoms with van der Waals surface area (Å²) in [5.41, 5.74) is 8.62. The van der Waals surface area contributed by atoms with Crippen LogP contribution in [0.25, 0.3) is 0 Å². The van der Waals surface area contributed by atoms with Crippen LogP contribution in [0.2, 0.25) is 0 Å². The van der Waals surface area contributed by atoms with Crippen molar-refractivity contribution >= 4 is 11.3 Å². The van der Waals surface area contributed by atoms with Gasteiger partial charge in [-0.15, -0.1) is 11.3 Å². The van der Waals surface area contributed by atoms with Crippen molar-refractivity contribution in [1.82, 2.24) is 15.0 Å². The number of thiazole rings is 1. The molecule has 0 aliphatic heterocycles. The minimum atomic E-state index is -0.159. The summed E-state index contributed by atoms with van der Waals surface area (Å²) >= 11 is 1.53. The van der Waals surface area contributed by atoms with Gasteiger partial charge in [-0.2, -0.15) is 0 Å². The van der Waals surface area contributed by atoms with Crippen LogP contribution >= 0.6 is 11.3 Å². The first kappa shape index (κ1) is 8.28. The molecule has 0 fully saturated rings. The molecule has 0 spiro atoms. The molecule has 0 radical (unpaired) electrons. The van der Waals surface area contributed by atoms with Gasteiger partial charge in [-0.25, -0.2) is 9.97 Å². The Morgan fingerprint density at radius 2 is 1.92 bits per heavy atom. The minimum absolute atomic E-state index is 0.159. The van der Waals surface area contributed by atoms with Crippen LogP contribution in [0.1, 0.15) is 16.5 Å². The number of nitrogens with two attached hydrogens (primary N) is 1. The van der Waals surface area contributed by atoms with Crippen molar-refractivity contribution in [3.05, 3.63) is 40.9 Å². The molecule has 13 heavy (non-hydrogen) atoms. The van der Waals surface area contributed by atoms with Crippen LogP contribution in [0.4, 0.5) is 0 Å². The molecular formula is C8H8N4S. The van der Waals surface area contributed by atoms with E-state index in [0.29, 0.717) is 0 Å². The lowest BCUT2D eigenvalue weighted by Crippen LogP contribution is -2.10. The quantitative estimate of drug-likeness (QED) is 0.770. The Bertz CT molecular complexity index is 359. The highest BCUT2D eigenvalue weighted by atomic mass is 32.1. The maximum atomic E-state index is 5.95. The second-order valence-electron chi connectivity index (χ2n) is 2.55. The van der Waals surface area contributed by atoms with Gasteiger partial charge in [0.05, 0.1) is 11.6 Å². The molecule has 2 aromatic rings. The first-order valence-corrected chi connectivity index (χ1v) is 4.65. The molecule has 66 valence electrons. The first-order chi connectivity index (χ1) is 6.38. The summed E-state index contributed by atoms with van der Waals surface area (Å²) < 4.78 is 0. The zero-order valence-corrected chi connectivity index (χ0v) is 7.61. The van der Waals surface area contributed by atoms with Gasteiger partial charge in [0.1, 0.15) is 6.33 Å². The Labute approximate surface area is 79.5 Å². The van der Waals surface area contributed by atoms with Crippen LogP contribution in [-0.4, -0.2) is 15.0 Å². The SMILES string of the molecule is NC(c1cncnc1)c1cncs1. The Balaban J connectivity index is 2.29. The summed E-state index contributed by atoms with van der Waals surface area (Å²) in [6.07, 6.45) is 6.69. The zero-order valence-electron chi connectivity index (χ0n) is 6.79. The van der Waals surface area contributed by atoms with Gasteiger partial charge in [0, 0.05) is 29.0 Å². The molecule has 2 aromatic heterocycles. The van der Waals surface area contributed by atoms with E-state index >= 15 is 0 Å². The highest BCUT2D eigenvalue weighted by molar-refractivity contribution is 7.09. The second kappa shape index (κ2) is 3.59. The van der Waals surface area contributed by atoms with Gasteiger partial charge in [-0.1, -0.05) is 0 Å². The number of aromatic nitrogens is 3. The third-order valence-corrected chi connectivity index (χ3v) is 2.56. The second-order valence-corrected chi connectivity index (χ2v) is 3.47. The van der Waals surface area contributed by atoms with Gasteiger partial charge >= 0.3 is 0 Å². The van der Waals surface area contributed by atoms with Crippen molar-refractivity contribution in [3.8, 4) is 0 Å². The summed E-state index contributed by atoms with van der Waals surface area (Å²) in [5.74, 6) is 0. The molecule has 0 aliphatic carbocycles. The molecule has 2 N–H and O–H groups in total. The van der Waals surface area contributed by atoms with Gasteiger partial charge < -0.3 is 5.73 Å². The monoisotopic (exact) mass is 192 g/mol. The summed E-state index contributed by atoms with van der Waals surface area (Å²) in [4.78, 5) is 12.8. The fourth-order valence-electron chi connectivity index (χ4n) is 1.01. The molecule has 0 aromatic carbocycles. The van der Waals surface area contributed by atoms with E-state index in [0.717, 1.165) is 10.4 Å². The first-order valence-electron chi connectivity index (χ1n) is 3.77. The van der Waals surface area contributed by atoms with E-state index in [1.165, 1.54) is 17.7 Å². The van der Waals surface area contributed by atoms with E-state index in [9.17, 15) is 0 Å². The number of nitrogens with zero attached hydrogens (tertiary/aromatic N) is 3. The lowest BCUT2D eigenvalue weighted by Gasteiger charge is -2.06. The van der Waals surface area contributed by atoms with Crippen molar-refractivity contribution in [2.45, 2.75) is 6.04 Å². The van der Waals surface area contributed by atoms with E-state index in [-0.39, 0.29) is 6.04 Å². The molecule has 4 nitrogen and oxygen atoms in total. The molecule has 0 amide bonds. The van der Waals surface area contributed by atoms with Crippen molar-refractivity contribution in [3.63, 3.8) is 0 Å². The van der Waals surface area contributed by atoms with Crippen molar-refractivity contribution < 1.29 is 0 Å². The summed E-state index contributed by atoms with van der Waals surface area (Å²) in [7, 11) is 0. The van der Waals surface area contributed by atoms with E-state index in [2.05, 4.69) is 15.0 Å². The number of hydrogen-bond donors (Lipinski definition) is 1. The fourth-order valence-corrected chi connectivity index (χ4v) is 1.66. The van der Waals surface area contributed by atoms with Crippen molar-refractivity contribution in [1.29, 1.82) is 0 Å². The van der Waals surface area contributed by atoms with Crippen LogP contribution in [0.15, 0.2) is 30.4 Å². The van der Waals surface area contributed by atoms with Gasteiger partial charge in [0.15, 0.2) is 0 Å². The van der Waals surface area contributed by atoms with E-state index in [1.807, 2.05) is 0 Å². The summed E-state index contributed by atoms with van der Waals surface area (Å²) in [6, 6.07) is -0.159. The molecule has 2 heterocycles. The molecule has 0 saturated carbocycles. The molecular weight excluding hydrogens is 184 g/mol. The average molecular weight is 192 g/mol. The third-order valence-electron chi connectivity index (χ3n) is 1.70. The zero-order chi connectivity index (χ0) is 9.10. The van der Waals surface area contributed by atoms with E-state index in [1.54, 1.807) is 24.1 Å². The molecule has 0 aliphatic rings.